The second-order valence-corrected chi connectivity index (χ2v) is 3.03. The number of primary amides is 1. The minimum absolute atomic E-state index is 0.0197. The molecule has 58 valence electrons. The van der Waals surface area contributed by atoms with Crippen molar-refractivity contribution in [3.8, 4) is 0 Å². The van der Waals surface area contributed by atoms with Crippen LogP contribution < -0.4 is 11.5 Å². The van der Waals surface area contributed by atoms with Crippen LogP contribution in [-0.2, 0) is 4.79 Å². The van der Waals surface area contributed by atoms with Crippen LogP contribution in [-0.4, -0.2) is 11.9 Å². The van der Waals surface area contributed by atoms with E-state index in [1.54, 1.807) is 0 Å². The molecule has 10 heavy (non-hydrogen) atoms. The molecule has 4 N–H and O–H groups in total. The summed E-state index contributed by atoms with van der Waals surface area (Å²) in [5, 5.41) is 0. The first-order valence-electron chi connectivity index (χ1n) is 3.74. The van der Waals surface area contributed by atoms with E-state index in [9.17, 15) is 4.79 Å². The smallest absolute Gasteiger partial charge is 0.218 e. The normalized spacial score (nSPS) is 21.7. The maximum Gasteiger partial charge on any atom is 0.218 e. The number of carbonyl (C=O) groups excluding carboxylic acids is 1. The standard InChI is InChI=1S/C7H14N2O/c8-6(4-7(9)10)5-2-1-3-5/h5-6H,1-4,8H2,(H2,9,10). The van der Waals surface area contributed by atoms with E-state index in [1.807, 2.05) is 0 Å². The lowest BCUT2D eigenvalue weighted by Gasteiger charge is -2.30. The summed E-state index contributed by atoms with van der Waals surface area (Å²) in [7, 11) is 0. The van der Waals surface area contributed by atoms with Crippen molar-refractivity contribution in [1.29, 1.82) is 0 Å². The number of amides is 1. The molecule has 3 nitrogen and oxygen atoms in total. The lowest BCUT2D eigenvalue weighted by atomic mass is 9.79. The Kier molecular flexibility index (Phi) is 2.27. The first kappa shape index (κ1) is 7.54. The van der Waals surface area contributed by atoms with E-state index in [0.29, 0.717) is 12.3 Å². The molecule has 1 atom stereocenters. The number of hydrogen-bond acceptors (Lipinski definition) is 2. The van der Waals surface area contributed by atoms with Crippen molar-refractivity contribution in [1.82, 2.24) is 0 Å². The van der Waals surface area contributed by atoms with Gasteiger partial charge in [0, 0.05) is 12.5 Å². The molecule has 0 aromatic carbocycles. The topological polar surface area (TPSA) is 69.1 Å². The van der Waals surface area contributed by atoms with Crippen LogP contribution >= 0.6 is 0 Å². The molecular formula is C7H14N2O. The minimum atomic E-state index is -0.278. The van der Waals surface area contributed by atoms with Crippen LogP contribution in [0.15, 0.2) is 0 Å². The maximum atomic E-state index is 10.4. The van der Waals surface area contributed by atoms with Gasteiger partial charge >= 0.3 is 0 Å². The van der Waals surface area contributed by atoms with Gasteiger partial charge in [0.1, 0.15) is 0 Å². The summed E-state index contributed by atoms with van der Waals surface area (Å²) in [5.74, 6) is 0.284. The van der Waals surface area contributed by atoms with E-state index < -0.39 is 0 Å². The van der Waals surface area contributed by atoms with Crippen LogP contribution in [0.5, 0.6) is 0 Å². The molecule has 0 aromatic heterocycles. The Morgan fingerprint density at radius 1 is 1.60 bits per heavy atom. The summed E-state index contributed by atoms with van der Waals surface area (Å²) in [6, 6.07) is 0.0197. The third-order valence-corrected chi connectivity index (χ3v) is 2.19. The Bertz CT molecular complexity index is 132. The van der Waals surface area contributed by atoms with Crippen molar-refractivity contribution in [3.63, 3.8) is 0 Å². The third-order valence-electron chi connectivity index (χ3n) is 2.19. The van der Waals surface area contributed by atoms with Gasteiger partial charge in [-0.25, -0.2) is 0 Å². The highest BCUT2D eigenvalue weighted by Gasteiger charge is 2.24. The van der Waals surface area contributed by atoms with Gasteiger partial charge in [0.2, 0.25) is 5.91 Å². The Balaban J connectivity index is 2.19. The highest BCUT2D eigenvalue weighted by atomic mass is 16.1. The van der Waals surface area contributed by atoms with Gasteiger partial charge in [-0.1, -0.05) is 6.42 Å². The monoisotopic (exact) mass is 142 g/mol. The zero-order valence-corrected chi connectivity index (χ0v) is 6.05. The number of nitrogens with two attached hydrogens (primary N) is 2. The van der Waals surface area contributed by atoms with Gasteiger partial charge in [-0.3, -0.25) is 4.79 Å². The molecule has 0 spiro atoms. The molecule has 3 heteroatoms. The zero-order chi connectivity index (χ0) is 7.56. The van der Waals surface area contributed by atoms with Crippen molar-refractivity contribution in [2.45, 2.75) is 31.7 Å². The highest BCUT2D eigenvalue weighted by molar-refractivity contribution is 5.74. The first-order valence-corrected chi connectivity index (χ1v) is 3.74. The largest absolute Gasteiger partial charge is 0.370 e. The van der Waals surface area contributed by atoms with Gasteiger partial charge in [0.05, 0.1) is 0 Å². The highest BCUT2D eigenvalue weighted by Crippen LogP contribution is 2.29. The van der Waals surface area contributed by atoms with Crippen LogP contribution in [0.25, 0.3) is 0 Å². The number of carbonyl (C=O) groups is 1. The quantitative estimate of drug-likeness (QED) is 0.582. The molecule has 1 amide bonds. The van der Waals surface area contributed by atoms with Crippen LogP contribution in [0.1, 0.15) is 25.7 Å². The van der Waals surface area contributed by atoms with Gasteiger partial charge in [0.15, 0.2) is 0 Å². The first-order chi connectivity index (χ1) is 4.70. The van der Waals surface area contributed by atoms with Gasteiger partial charge in [-0.05, 0) is 18.8 Å². The predicted octanol–water partition coefficient (Wildman–Crippen LogP) is -0.0108. The fraction of sp³-hybridized carbons (Fsp3) is 0.857. The SMILES string of the molecule is NC(=O)CC(N)C1CCC1. The molecule has 1 saturated carbocycles. The summed E-state index contributed by atoms with van der Waals surface area (Å²) < 4.78 is 0. The van der Waals surface area contributed by atoms with E-state index >= 15 is 0 Å². The lowest BCUT2D eigenvalue weighted by Crippen LogP contribution is -2.37. The molecule has 1 rings (SSSR count). The maximum absolute atomic E-state index is 10.4. The Morgan fingerprint density at radius 3 is 2.50 bits per heavy atom. The Morgan fingerprint density at radius 2 is 2.20 bits per heavy atom. The molecule has 1 aliphatic rings. The summed E-state index contributed by atoms with van der Waals surface area (Å²) in [5.41, 5.74) is 10.7. The predicted molar refractivity (Wildman–Crippen MR) is 39.1 cm³/mol. The summed E-state index contributed by atoms with van der Waals surface area (Å²) in [6.07, 6.45) is 3.96. The van der Waals surface area contributed by atoms with E-state index in [0.717, 1.165) is 0 Å². The molecule has 0 bridgehead atoms. The fourth-order valence-electron chi connectivity index (χ4n) is 1.27. The molecule has 0 aliphatic heterocycles. The molecule has 1 aliphatic carbocycles. The summed E-state index contributed by atoms with van der Waals surface area (Å²) >= 11 is 0. The second kappa shape index (κ2) is 3.01. The van der Waals surface area contributed by atoms with Crippen LogP contribution in [0.4, 0.5) is 0 Å². The summed E-state index contributed by atoms with van der Waals surface area (Å²) in [6.45, 7) is 0. The van der Waals surface area contributed by atoms with Crippen molar-refractivity contribution < 1.29 is 4.79 Å². The number of hydrogen-bond donors (Lipinski definition) is 2. The van der Waals surface area contributed by atoms with Crippen LogP contribution in [0.2, 0.25) is 0 Å². The van der Waals surface area contributed by atoms with Gasteiger partial charge in [0.25, 0.3) is 0 Å². The minimum Gasteiger partial charge on any atom is -0.370 e. The van der Waals surface area contributed by atoms with Crippen molar-refractivity contribution in [3.05, 3.63) is 0 Å². The molecule has 0 heterocycles. The van der Waals surface area contributed by atoms with Gasteiger partial charge in [-0.15, -0.1) is 0 Å². The zero-order valence-electron chi connectivity index (χ0n) is 6.05. The summed E-state index contributed by atoms with van der Waals surface area (Å²) in [4.78, 5) is 10.4. The molecule has 0 saturated heterocycles. The fourth-order valence-corrected chi connectivity index (χ4v) is 1.27. The lowest BCUT2D eigenvalue weighted by molar-refractivity contribution is -0.118. The molecule has 0 radical (unpaired) electrons. The van der Waals surface area contributed by atoms with Gasteiger partial charge in [-0.2, -0.15) is 0 Å². The Hall–Kier alpha value is -0.570. The third kappa shape index (κ3) is 1.70. The molecular weight excluding hydrogens is 128 g/mol. The van der Waals surface area contributed by atoms with E-state index in [4.69, 9.17) is 11.5 Å². The second-order valence-electron chi connectivity index (χ2n) is 3.03. The van der Waals surface area contributed by atoms with Gasteiger partial charge < -0.3 is 11.5 Å². The van der Waals surface area contributed by atoms with E-state index in [2.05, 4.69) is 0 Å². The van der Waals surface area contributed by atoms with Crippen LogP contribution in [0.3, 0.4) is 0 Å². The molecule has 1 fully saturated rings. The number of rotatable bonds is 3. The van der Waals surface area contributed by atoms with Crippen molar-refractivity contribution >= 4 is 5.91 Å². The average Bonchev–Trinajstić information content (AvgIpc) is 1.55. The van der Waals surface area contributed by atoms with Crippen molar-refractivity contribution in [2.75, 3.05) is 0 Å². The average molecular weight is 142 g/mol. The Labute approximate surface area is 60.8 Å². The van der Waals surface area contributed by atoms with Crippen LogP contribution in [0, 0.1) is 5.92 Å². The molecule has 0 aromatic rings. The molecule has 1 unspecified atom stereocenters. The van der Waals surface area contributed by atoms with Crippen molar-refractivity contribution in [2.24, 2.45) is 17.4 Å². The van der Waals surface area contributed by atoms with E-state index in [-0.39, 0.29) is 11.9 Å². The van der Waals surface area contributed by atoms with E-state index in [1.165, 1.54) is 19.3 Å².